The smallest absolute Gasteiger partial charge is 0.0765 e. The van der Waals surface area contributed by atoms with E-state index in [0.29, 0.717) is 19.6 Å². The zero-order chi connectivity index (χ0) is 12.7. The third-order valence-corrected chi connectivity index (χ3v) is 2.92. The van der Waals surface area contributed by atoms with Crippen LogP contribution in [0.5, 0.6) is 0 Å². The van der Waals surface area contributed by atoms with E-state index in [0.717, 1.165) is 13.1 Å². The first-order valence-corrected chi connectivity index (χ1v) is 6.15. The molecule has 0 saturated carbocycles. The third-order valence-electron chi connectivity index (χ3n) is 2.92. The number of ether oxygens (including phenoxy) is 1. The molecule has 0 radical (unpaired) electrons. The van der Waals surface area contributed by atoms with Crippen LogP contribution in [-0.2, 0) is 17.8 Å². The fourth-order valence-electron chi connectivity index (χ4n) is 1.79. The third kappa shape index (κ3) is 4.89. The summed E-state index contributed by atoms with van der Waals surface area (Å²) in [7, 11) is 1.65. The number of nitrogens with one attached hydrogen (secondary N) is 1. The van der Waals surface area contributed by atoms with Crippen LogP contribution in [0.2, 0.25) is 0 Å². The molecule has 0 aromatic carbocycles. The van der Waals surface area contributed by atoms with Crippen LogP contribution in [0.3, 0.4) is 0 Å². The average molecular weight is 240 g/mol. The van der Waals surface area contributed by atoms with Gasteiger partial charge >= 0.3 is 0 Å². The minimum absolute atomic E-state index is 0.575. The van der Waals surface area contributed by atoms with E-state index in [1.54, 1.807) is 7.11 Å². The average Bonchev–Trinajstić information content (AvgIpc) is 2.74. The van der Waals surface area contributed by atoms with Crippen LogP contribution in [0.15, 0.2) is 18.3 Å². The van der Waals surface area contributed by atoms with Crippen LogP contribution in [0.4, 0.5) is 0 Å². The number of hydrogen-bond donors (Lipinski definition) is 2. The fraction of sp³-hybridized carbons (Fsp3) is 0.692. The molecule has 0 aliphatic rings. The Morgan fingerprint density at radius 2 is 2.29 bits per heavy atom. The summed E-state index contributed by atoms with van der Waals surface area (Å²) < 4.78 is 7.17. The van der Waals surface area contributed by atoms with E-state index in [9.17, 15) is 5.11 Å². The summed E-state index contributed by atoms with van der Waals surface area (Å²) in [5.41, 5.74) is 0.537. The topological polar surface area (TPSA) is 46.4 Å². The Kier molecular flexibility index (Phi) is 5.68. The number of aryl methyl sites for hydroxylation is 1. The molecule has 0 fully saturated rings. The molecule has 2 N–H and O–H groups in total. The molecule has 1 rings (SSSR count). The summed E-state index contributed by atoms with van der Waals surface area (Å²) in [6.45, 7) is 6.87. The van der Waals surface area contributed by atoms with Crippen molar-refractivity contribution >= 4 is 0 Å². The predicted octanol–water partition coefficient (Wildman–Crippen LogP) is 1.39. The number of rotatable bonds is 8. The predicted molar refractivity (Wildman–Crippen MR) is 68.9 cm³/mol. The molecule has 4 heteroatoms. The summed E-state index contributed by atoms with van der Waals surface area (Å²) >= 11 is 0. The van der Waals surface area contributed by atoms with Gasteiger partial charge in [0.25, 0.3) is 0 Å². The monoisotopic (exact) mass is 240 g/mol. The van der Waals surface area contributed by atoms with Crippen LogP contribution < -0.4 is 5.32 Å². The lowest BCUT2D eigenvalue weighted by atomic mass is 10.0. The van der Waals surface area contributed by atoms with E-state index >= 15 is 0 Å². The second-order valence-electron chi connectivity index (χ2n) is 4.63. The second kappa shape index (κ2) is 6.79. The van der Waals surface area contributed by atoms with Gasteiger partial charge in [0.05, 0.1) is 5.60 Å². The summed E-state index contributed by atoms with van der Waals surface area (Å²) in [5.74, 6) is 0. The first-order valence-electron chi connectivity index (χ1n) is 6.15. The molecule has 1 unspecified atom stereocenters. The maximum Gasteiger partial charge on any atom is 0.0765 e. The molecule has 4 nitrogen and oxygen atoms in total. The highest BCUT2D eigenvalue weighted by molar-refractivity contribution is 5.06. The van der Waals surface area contributed by atoms with Gasteiger partial charge in [-0.1, -0.05) is 0 Å². The molecule has 0 bridgehead atoms. The highest BCUT2D eigenvalue weighted by atomic mass is 16.5. The first kappa shape index (κ1) is 14.2. The zero-order valence-electron chi connectivity index (χ0n) is 11.1. The van der Waals surface area contributed by atoms with Crippen molar-refractivity contribution in [3.8, 4) is 0 Å². The molecule has 0 saturated heterocycles. The minimum Gasteiger partial charge on any atom is -0.389 e. The molecule has 0 amide bonds. The molecule has 17 heavy (non-hydrogen) atoms. The van der Waals surface area contributed by atoms with E-state index in [-0.39, 0.29) is 0 Å². The van der Waals surface area contributed by atoms with Gasteiger partial charge in [-0.15, -0.1) is 0 Å². The Morgan fingerprint density at radius 3 is 2.94 bits per heavy atom. The van der Waals surface area contributed by atoms with Crippen molar-refractivity contribution in [3.63, 3.8) is 0 Å². The molecule has 0 aliphatic carbocycles. The molecule has 1 aromatic rings. The highest BCUT2D eigenvalue weighted by Gasteiger charge is 2.19. The lowest BCUT2D eigenvalue weighted by Crippen LogP contribution is -2.38. The Hall–Kier alpha value is -0.840. The number of methoxy groups -OCH3 is 1. The normalized spacial score (nSPS) is 14.8. The quantitative estimate of drug-likeness (QED) is 0.722. The first-order chi connectivity index (χ1) is 8.09. The Morgan fingerprint density at radius 1 is 1.53 bits per heavy atom. The van der Waals surface area contributed by atoms with Crippen LogP contribution in [0, 0.1) is 0 Å². The fourth-order valence-corrected chi connectivity index (χ4v) is 1.79. The van der Waals surface area contributed by atoms with Crippen molar-refractivity contribution in [2.24, 2.45) is 0 Å². The number of aliphatic hydroxyl groups is 1. The second-order valence-corrected chi connectivity index (χ2v) is 4.63. The molecule has 1 aromatic heterocycles. The van der Waals surface area contributed by atoms with Crippen molar-refractivity contribution in [2.45, 2.75) is 39.0 Å². The lowest BCUT2D eigenvalue weighted by molar-refractivity contribution is 0.0246. The Bertz CT molecular complexity index is 321. The maximum atomic E-state index is 10.1. The molecule has 0 aliphatic heterocycles. The minimum atomic E-state index is -0.709. The van der Waals surface area contributed by atoms with Crippen LogP contribution in [0.25, 0.3) is 0 Å². The van der Waals surface area contributed by atoms with Gasteiger partial charge in [0.1, 0.15) is 0 Å². The van der Waals surface area contributed by atoms with E-state index < -0.39 is 5.60 Å². The van der Waals surface area contributed by atoms with Crippen LogP contribution in [-0.4, -0.2) is 35.5 Å². The van der Waals surface area contributed by atoms with Gasteiger partial charge in [-0.25, -0.2) is 0 Å². The van der Waals surface area contributed by atoms with Gasteiger partial charge in [0, 0.05) is 51.7 Å². The summed E-state index contributed by atoms with van der Waals surface area (Å²) in [6.07, 6.45) is 2.71. The lowest BCUT2D eigenvalue weighted by Gasteiger charge is -2.23. The number of nitrogens with zero attached hydrogens (tertiary/aromatic N) is 1. The standard InChI is InChI=1S/C13H24N2O2/c1-4-15-8-5-6-12(15)10-14-11-13(2,16)7-9-17-3/h5-6,8,14,16H,4,7,9-11H2,1-3H3. The molecule has 1 heterocycles. The van der Waals surface area contributed by atoms with Crippen molar-refractivity contribution in [1.82, 2.24) is 9.88 Å². The van der Waals surface area contributed by atoms with Crippen LogP contribution >= 0.6 is 0 Å². The van der Waals surface area contributed by atoms with Gasteiger partial charge in [0.2, 0.25) is 0 Å². The summed E-state index contributed by atoms with van der Waals surface area (Å²) in [4.78, 5) is 0. The van der Waals surface area contributed by atoms with Gasteiger partial charge in [-0.05, 0) is 26.0 Å². The molecule has 0 spiro atoms. The van der Waals surface area contributed by atoms with Gasteiger partial charge in [0.15, 0.2) is 0 Å². The Balaban J connectivity index is 2.32. The van der Waals surface area contributed by atoms with E-state index in [1.807, 2.05) is 13.0 Å². The van der Waals surface area contributed by atoms with Crippen molar-refractivity contribution in [3.05, 3.63) is 24.0 Å². The highest BCUT2D eigenvalue weighted by Crippen LogP contribution is 2.08. The van der Waals surface area contributed by atoms with E-state index in [2.05, 4.69) is 29.1 Å². The largest absolute Gasteiger partial charge is 0.389 e. The summed E-state index contributed by atoms with van der Waals surface area (Å²) in [5, 5.41) is 13.3. The van der Waals surface area contributed by atoms with Crippen molar-refractivity contribution < 1.29 is 9.84 Å². The number of hydrogen-bond acceptors (Lipinski definition) is 3. The van der Waals surface area contributed by atoms with Crippen molar-refractivity contribution in [2.75, 3.05) is 20.3 Å². The van der Waals surface area contributed by atoms with E-state index in [4.69, 9.17) is 4.74 Å². The van der Waals surface area contributed by atoms with E-state index in [1.165, 1.54) is 5.69 Å². The van der Waals surface area contributed by atoms with Crippen molar-refractivity contribution in [1.29, 1.82) is 0 Å². The van der Waals surface area contributed by atoms with Gasteiger partial charge in [-0.2, -0.15) is 0 Å². The molecule has 98 valence electrons. The number of aromatic nitrogens is 1. The van der Waals surface area contributed by atoms with Gasteiger partial charge < -0.3 is 19.7 Å². The molecule has 1 atom stereocenters. The Labute approximate surface area is 104 Å². The molecular weight excluding hydrogens is 216 g/mol. The van der Waals surface area contributed by atoms with Crippen LogP contribution in [0.1, 0.15) is 26.0 Å². The summed E-state index contributed by atoms with van der Waals surface area (Å²) in [6, 6.07) is 4.14. The SMILES string of the molecule is CCn1cccc1CNCC(C)(O)CCOC. The maximum absolute atomic E-state index is 10.1. The zero-order valence-corrected chi connectivity index (χ0v) is 11.1. The molecular formula is C13H24N2O2. The van der Waals surface area contributed by atoms with Gasteiger partial charge in [-0.3, -0.25) is 0 Å².